The summed E-state index contributed by atoms with van der Waals surface area (Å²) in [6, 6.07) is 19.7. The highest BCUT2D eigenvalue weighted by Crippen LogP contribution is 2.21. The van der Waals surface area contributed by atoms with Crippen LogP contribution in [-0.2, 0) is 0 Å². The molecule has 0 aliphatic heterocycles. The molecule has 19 heavy (non-hydrogen) atoms. The fourth-order valence-corrected chi connectivity index (χ4v) is 2.37. The van der Waals surface area contributed by atoms with Crippen molar-refractivity contribution in [3.63, 3.8) is 0 Å². The lowest BCUT2D eigenvalue weighted by atomic mass is 10.1. The van der Waals surface area contributed by atoms with E-state index < -0.39 is 5.60 Å². The summed E-state index contributed by atoms with van der Waals surface area (Å²) in [5, 5.41) is 10.2. The molecule has 0 spiro atoms. The van der Waals surface area contributed by atoms with Gasteiger partial charge in [0.05, 0.1) is 0 Å². The lowest BCUT2D eigenvalue weighted by molar-refractivity contribution is 0.148. The van der Waals surface area contributed by atoms with Gasteiger partial charge in [-0.3, -0.25) is 0 Å². The van der Waals surface area contributed by atoms with Crippen LogP contribution in [0.15, 0.2) is 65.6 Å². The van der Waals surface area contributed by atoms with Crippen molar-refractivity contribution in [1.82, 2.24) is 0 Å². The predicted molar refractivity (Wildman–Crippen MR) is 81.1 cm³/mol. The van der Waals surface area contributed by atoms with Crippen LogP contribution < -0.4 is 0 Å². The van der Waals surface area contributed by atoms with E-state index in [1.54, 1.807) is 18.7 Å². The van der Waals surface area contributed by atoms with E-state index in [1.165, 1.54) is 0 Å². The molecule has 1 atom stereocenters. The molecule has 2 aromatic rings. The monoisotopic (exact) mass is 268 g/mol. The van der Waals surface area contributed by atoms with Crippen molar-refractivity contribution in [1.29, 1.82) is 0 Å². The van der Waals surface area contributed by atoms with E-state index in [0.717, 1.165) is 10.5 Å². The van der Waals surface area contributed by atoms with Crippen LogP contribution in [0.5, 0.6) is 0 Å². The first-order valence-corrected chi connectivity index (χ1v) is 7.13. The number of benzene rings is 2. The van der Waals surface area contributed by atoms with Crippen LogP contribution in [0.2, 0.25) is 0 Å². The maximum atomic E-state index is 10.2. The first kappa shape index (κ1) is 13.7. The average molecular weight is 268 g/mol. The molecule has 0 saturated heterocycles. The third kappa shape index (κ3) is 4.82. The number of rotatable bonds is 3. The first-order chi connectivity index (χ1) is 9.16. The van der Waals surface area contributed by atoms with Crippen molar-refractivity contribution in [3.05, 3.63) is 66.2 Å². The zero-order valence-electron chi connectivity index (χ0n) is 10.8. The summed E-state index contributed by atoms with van der Waals surface area (Å²) in [4.78, 5) is 1.14. The largest absolute Gasteiger partial charge is 0.377 e. The van der Waals surface area contributed by atoms with E-state index in [-0.39, 0.29) is 0 Å². The summed E-state index contributed by atoms with van der Waals surface area (Å²) in [6.07, 6.45) is 0. The summed E-state index contributed by atoms with van der Waals surface area (Å²) >= 11 is 1.61. The fraction of sp³-hybridized carbons (Fsp3) is 0.176. The minimum Gasteiger partial charge on any atom is -0.377 e. The Morgan fingerprint density at radius 1 is 1.00 bits per heavy atom. The molecule has 0 bridgehead atoms. The van der Waals surface area contributed by atoms with E-state index in [1.807, 2.05) is 60.7 Å². The van der Waals surface area contributed by atoms with Gasteiger partial charge in [-0.2, -0.15) is 0 Å². The number of aliphatic hydroxyl groups is 1. The highest BCUT2D eigenvalue weighted by molar-refractivity contribution is 7.99. The lowest BCUT2D eigenvalue weighted by Gasteiger charge is -2.15. The third-order valence-electron chi connectivity index (χ3n) is 2.51. The van der Waals surface area contributed by atoms with Crippen LogP contribution in [0.1, 0.15) is 12.5 Å². The number of hydrogen-bond acceptors (Lipinski definition) is 2. The fourth-order valence-electron chi connectivity index (χ4n) is 1.50. The molecule has 0 aromatic heterocycles. The zero-order valence-corrected chi connectivity index (χ0v) is 11.7. The van der Waals surface area contributed by atoms with Gasteiger partial charge in [0, 0.05) is 16.2 Å². The van der Waals surface area contributed by atoms with Crippen molar-refractivity contribution in [2.45, 2.75) is 17.4 Å². The van der Waals surface area contributed by atoms with Gasteiger partial charge < -0.3 is 5.11 Å². The van der Waals surface area contributed by atoms with Crippen LogP contribution in [0.4, 0.5) is 0 Å². The molecule has 2 aromatic carbocycles. The molecule has 1 nitrogen and oxygen atoms in total. The molecule has 0 fully saturated rings. The summed E-state index contributed by atoms with van der Waals surface area (Å²) < 4.78 is 0. The van der Waals surface area contributed by atoms with Crippen molar-refractivity contribution in [2.24, 2.45) is 0 Å². The minimum atomic E-state index is -0.990. The highest BCUT2D eigenvalue weighted by Gasteiger charge is 2.16. The first-order valence-electron chi connectivity index (χ1n) is 6.14. The normalized spacial score (nSPS) is 13.2. The number of hydrogen-bond donors (Lipinski definition) is 1. The molecule has 0 amide bonds. The quantitative estimate of drug-likeness (QED) is 0.678. The molecule has 0 heterocycles. The van der Waals surface area contributed by atoms with Crippen LogP contribution in [-0.4, -0.2) is 16.5 Å². The molecule has 2 heteroatoms. The molecule has 0 radical (unpaired) electrons. The Kier molecular flexibility index (Phi) is 4.68. The minimum absolute atomic E-state index is 0.552. The second kappa shape index (κ2) is 6.47. The van der Waals surface area contributed by atoms with Gasteiger partial charge in [0.2, 0.25) is 0 Å². The number of thioether (sulfide) groups is 1. The van der Waals surface area contributed by atoms with Gasteiger partial charge in [-0.1, -0.05) is 48.2 Å². The molecule has 96 valence electrons. The molecule has 0 aliphatic rings. The second-order valence-corrected chi connectivity index (χ2v) is 5.54. The Labute approximate surface area is 118 Å². The topological polar surface area (TPSA) is 20.2 Å². The Morgan fingerprint density at radius 3 is 2.21 bits per heavy atom. The SMILES string of the molecule is CC(O)(C#Cc1ccccc1)CSc1ccccc1. The van der Waals surface area contributed by atoms with Gasteiger partial charge in [-0.15, -0.1) is 11.8 Å². The smallest absolute Gasteiger partial charge is 0.132 e. The molecular weight excluding hydrogens is 252 g/mol. The maximum Gasteiger partial charge on any atom is 0.132 e. The van der Waals surface area contributed by atoms with Gasteiger partial charge in [-0.25, -0.2) is 0 Å². The summed E-state index contributed by atoms with van der Waals surface area (Å²) in [5.74, 6) is 6.49. The van der Waals surface area contributed by atoms with E-state index in [0.29, 0.717) is 5.75 Å². The van der Waals surface area contributed by atoms with Crippen LogP contribution in [0.25, 0.3) is 0 Å². The second-order valence-electron chi connectivity index (χ2n) is 4.49. The molecule has 1 N–H and O–H groups in total. The maximum absolute atomic E-state index is 10.2. The van der Waals surface area contributed by atoms with Gasteiger partial charge in [0.25, 0.3) is 0 Å². The van der Waals surface area contributed by atoms with Gasteiger partial charge in [-0.05, 0) is 31.2 Å². The van der Waals surface area contributed by atoms with Gasteiger partial charge >= 0.3 is 0 Å². The Hall–Kier alpha value is -1.69. The van der Waals surface area contributed by atoms with Gasteiger partial charge in [0.1, 0.15) is 5.60 Å². The summed E-state index contributed by atoms with van der Waals surface area (Å²) in [6.45, 7) is 1.75. The van der Waals surface area contributed by atoms with Crippen LogP contribution in [0, 0.1) is 11.8 Å². The summed E-state index contributed by atoms with van der Waals surface area (Å²) in [5.41, 5.74) is -0.0661. The Balaban J connectivity index is 1.98. The lowest BCUT2D eigenvalue weighted by Crippen LogP contribution is -2.24. The zero-order chi connectivity index (χ0) is 13.6. The van der Waals surface area contributed by atoms with E-state index in [2.05, 4.69) is 11.8 Å². The van der Waals surface area contributed by atoms with Crippen molar-refractivity contribution >= 4 is 11.8 Å². The highest BCUT2D eigenvalue weighted by atomic mass is 32.2. The van der Waals surface area contributed by atoms with Crippen molar-refractivity contribution < 1.29 is 5.11 Å². The van der Waals surface area contributed by atoms with E-state index in [4.69, 9.17) is 0 Å². The molecule has 2 rings (SSSR count). The standard InChI is InChI=1S/C17H16OS/c1-17(18,13-12-15-8-4-2-5-9-15)14-19-16-10-6-3-7-11-16/h2-11,18H,14H2,1H3. The molecular formula is C17H16OS. The van der Waals surface area contributed by atoms with Gasteiger partial charge in [0.15, 0.2) is 0 Å². The molecule has 1 unspecified atom stereocenters. The van der Waals surface area contributed by atoms with Crippen LogP contribution in [0.3, 0.4) is 0 Å². The third-order valence-corrected chi connectivity index (χ3v) is 3.82. The van der Waals surface area contributed by atoms with Crippen molar-refractivity contribution in [2.75, 3.05) is 5.75 Å². The Morgan fingerprint density at radius 2 is 1.58 bits per heavy atom. The molecule has 0 saturated carbocycles. The van der Waals surface area contributed by atoms with E-state index >= 15 is 0 Å². The van der Waals surface area contributed by atoms with E-state index in [9.17, 15) is 5.11 Å². The Bertz CT molecular complexity index is 564. The average Bonchev–Trinajstić information content (AvgIpc) is 2.46. The van der Waals surface area contributed by atoms with Crippen LogP contribution >= 0.6 is 11.8 Å². The van der Waals surface area contributed by atoms with Crippen molar-refractivity contribution in [3.8, 4) is 11.8 Å². The summed E-state index contributed by atoms with van der Waals surface area (Å²) in [7, 11) is 0. The molecule has 0 aliphatic carbocycles. The predicted octanol–water partition coefficient (Wildman–Crippen LogP) is 3.58.